The average molecular weight is 593 g/mol. The van der Waals surface area contributed by atoms with Crippen molar-refractivity contribution in [3.8, 4) is 5.69 Å². The maximum absolute atomic E-state index is 13.8. The van der Waals surface area contributed by atoms with Gasteiger partial charge in [-0.25, -0.2) is 9.67 Å². The number of aryl methyl sites for hydroxylation is 1. The number of carbonyl (C=O) groups excluding carboxylic acids is 1. The second-order valence-corrected chi connectivity index (χ2v) is 11.0. The van der Waals surface area contributed by atoms with Gasteiger partial charge in [-0.05, 0) is 43.7 Å². The lowest BCUT2D eigenvalue weighted by molar-refractivity contribution is -0.113. The van der Waals surface area contributed by atoms with Gasteiger partial charge >= 0.3 is 0 Å². The Morgan fingerprint density at radius 3 is 2.56 bits per heavy atom. The van der Waals surface area contributed by atoms with Crippen molar-refractivity contribution in [1.29, 1.82) is 0 Å². The number of rotatable bonds is 9. The number of nitrogens with one attached hydrogen (secondary N) is 1. The van der Waals surface area contributed by atoms with Crippen LogP contribution >= 0.6 is 24.0 Å². The van der Waals surface area contributed by atoms with Crippen molar-refractivity contribution in [2.75, 3.05) is 36.6 Å². The lowest BCUT2D eigenvalue weighted by atomic mass is 10.2. The summed E-state index contributed by atoms with van der Waals surface area (Å²) in [5.41, 5.74) is 2.08. The van der Waals surface area contributed by atoms with Crippen molar-refractivity contribution < 1.29 is 14.6 Å². The minimum absolute atomic E-state index is 0.0979. The number of carbonyl (C=O) groups is 1. The molecule has 0 radical (unpaired) electrons. The number of para-hydroxylation sites is 1. The largest absolute Gasteiger partial charge is 0.394 e. The summed E-state index contributed by atoms with van der Waals surface area (Å²) in [4.78, 5) is 47.0. The van der Waals surface area contributed by atoms with Gasteiger partial charge < -0.3 is 15.2 Å². The summed E-state index contributed by atoms with van der Waals surface area (Å²) in [5, 5.41) is 12.1. The molecule has 2 N–H and O–H groups in total. The first-order chi connectivity index (χ1) is 19.7. The van der Waals surface area contributed by atoms with E-state index in [-0.39, 0.29) is 57.2 Å². The minimum atomic E-state index is -0.503. The fraction of sp³-hybridized carbons (Fsp3) is 0.250. The highest BCUT2D eigenvalue weighted by molar-refractivity contribution is 8.27. The molecule has 1 aliphatic rings. The van der Waals surface area contributed by atoms with Crippen molar-refractivity contribution in [3.63, 3.8) is 0 Å². The molecule has 1 amide bonds. The van der Waals surface area contributed by atoms with Crippen LogP contribution in [0.4, 0.5) is 11.5 Å². The predicted octanol–water partition coefficient (Wildman–Crippen LogP) is 2.63. The first-order valence-electron chi connectivity index (χ1n) is 12.8. The van der Waals surface area contributed by atoms with Crippen molar-refractivity contribution in [2.24, 2.45) is 7.05 Å². The smallest absolute Gasteiger partial charge is 0.296 e. The Morgan fingerprint density at radius 1 is 1.07 bits per heavy atom. The first kappa shape index (κ1) is 28.5. The van der Waals surface area contributed by atoms with Crippen LogP contribution in [0, 0.1) is 13.8 Å². The van der Waals surface area contributed by atoms with Gasteiger partial charge in [-0.3, -0.25) is 28.4 Å². The molecule has 5 rings (SSSR count). The van der Waals surface area contributed by atoms with Gasteiger partial charge in [-0.2, -0.15) is 0 Å². The van der Waals surface area contributed by atoms with Crippen LogP contribution in [-0.4, -0.2) is 60.4 Å². The molecule has 0 aliphatic carbocycles. The fourth-order valence-corrected chi connectivity index (χ4v) is 5.79. The number of hydrogen-bond donors (Lipinski definition) is 2. The van der Waals surface area contributed by atoms with Crippen LogP contribution < -0.4 is 21.3 Å². The molecule has 0 unspecified atom stereocenters. The van der Waals surface area contributed by atoms with E-state index in [1.54, 1.807) is 43.0 Å². The third kappa shape index (κ3) is 5.36. The van der Waals surface area contributed by atoms with Crippen LogP contribution in [-0.2, 0) is 16.6 Å². The third-order valence-corrected chi connectivity index (χ3v) is 7.90. The highest BCUT2D eigenvalue weighted by Crippen LogP contribution is 2.36. The maximum atomic E-state index is 13.8. The maximum Gasteiger partial charge on any atom is 0.296 e. The number of ether oxygens (including phenoxy) is 1. The molecule has 13 heteroatoms. The number of aliphatic hydroxyl groups excluding tert-OH is 1. The monoisotopic (exact) mass is 592 g/mol. The Morgan fingerprint density at radius 2 is 1.83 bits per heavy atom. The van der Waals surface area contributed by atoms with E-state index < -0.39 is 5.91 Å². The van der Waals surface area contributed by atoms with Crippen LogP contribution in [0.5, 0.6) is 0 Å². The highest BCUT2D eigenvalue weighted by atomic mass is 32.2. The predicted molar refractivity (Wildman–Crippen MR) is 164 cm³/mol. The molecule has 4 heterocycles. The Balaban J connectivity index is 1.56. The number of pyridine rings is 1. The van der Waals surface area contributed by atoms with Crippen LogP contribution in [0.15, 0.2) is 63.2 Å². The Bertz CT molecular complexity index is 1810. The summed E-state index contributed by atoms with van der Waals surface area (Å²) < 4.78 is 10.1. The topological polar surface area (TPSA) is 123 Å². The molecular formula is C28H28N6O5S2. The highest BCUT2D eigenvalue weighted by Gasteiger charge is 2.38. The molecule has 0 spiro atoms. The van der Waals surface area contributed by atoms with Crippen LogP contribution in [0.3, 0.4) is 0 Å². The number of benzene rings is 1. The molecule has 1 saturated heterocycles. The molecule has 0 atom stereocenters. The molecule has 212 valence electrons. The Labute approximate surface area is 244 Å². The first-order valence-corrected chi connectivity index (χ1v) is 14.0. The molecule has 3 aromatic heterocycles. The van der Waals surface area contributed by atoms with E-state index in [2.05, 4.69) is 10.3 Å². The molecule has 41 heavy (non-hydrogen) atoms. The van der Waals surface area contributed by atoms with Gasteiger partial charge in [-0.1, -0.05) is 48.2 Å². The molecule has 0 bridgehead atoms. The van der Waals surface area contributed by atoms with E-state index in [1.165, 1.54) is 20.1 Å². The number of aromatic nitrogens is 4. The van der Waals surface area contributed by atoms with E-state index in [9.17, 15) is 14.4 Å². The van der Waals surface area contributed by atoms with E-state index in [0.717, 1.165) is 17.3 Å². The lowest BCUT2D eigenvalue weighted by Crippen LogP contribution is -2.33. The van der Waals surface area contributed by atoms with Gasteiger partial charge in [0.15, 0.2) is 4.32 Å². The van der Waals surface area contributed by atoms with E-state index in [0.29, 0.717) is 23.6 Å². The van der Waals surface area contributed by atoms with Crippen molar-refractivity contribution in [2.45, 2.75) is 13.8 Å². The third-order valence-electron chi connectivity index (χ3n) is 6.60. The number of thiocarbonyl (C=S) groups is 1. The number of hydrogen-bond acceptors (Lipinski definition) is 9. The van der Waals surface area contributed by atoms with Gasteiger partial charge in [0.1, 0.15) is 17.2 Å². The minimum Gasteiger partial charge on any atom is -0.394 e. The molecule has 1 aromatic carbocycles. The van der Waals surface area contributed by atoms with Crippen molar-refractivity contribution >= 4 is 57.4 Å². The number of amides is 1. The zero-order valence-electron chi connectivity index (χ0n) is 22.7. The van der Waals surface area contributed by atoms with E-state index in [4.69, 9.17) is 22.1 Å². The molecular weight excluding hydrogens is 564 g/mol. The molecule has 0 saturated carbocycles. The number of fused-ring (bicyclic) bond motifs is 1. The SMILES string of the molecule is Cc1ccc2nc(NCCOCCO)c(C=C3SC(=S)N(c4c(C)n(C)n(-c5ccccc5)c4=O)C3=O)c(=O)n2c1. The fourth-order valence-electron chi connectivity index (χ4n) is 4.54. The number of anilines is 2. The van der Waals surface area contributed by atoms with Gasteiger partial charge in [0, 0.05) is 19.8 Å². The van der Waals surface area contributed by atoms with Crippen molar-refractivity contribution in [1.82, 2.24) is 18.7 Å². The quantitative estimate of drug-likeness (QED) is 0.172. The average Bonchev–Trinajstić information content (AvgIpc) is 3.35. The summed E-state index contributed by atoms with van der Waals surface area (Å²) in [5.74, 6) is -0.226. The molecule has 1 aliphatic heterocycles. The molecule has 1 fully saturated rings. The second kappa shape index (κ2) is 11.8. The summed E-state index contributed by atoms with van der Waals surface area (Å²) >= 11 is 6.59. The second-order valence-electron chi connectivity index (χ2n) is 9.30. The summed E-state index contributed by atoms with van der Waals surface area (Å²) in [6.45, 7) is 4.30. The number of aliphatic hydroxyl groups is 1. The summed E-state index contributed by atoms with van der Waals surface area (Å²) in [6, 6.07) is 12.7. The number of nitrogens with zero attached hydrogens (tertiary/aromatic N) is 5. The summed E-state index contributed by atoms with van der Waals surface area (Å²) in [6.07, 6.45) is 3.15. The molecule has 11 nitrogen and oxygen atoms in total. The van der Waals surface area contributed by atoms with Gasteiger partial charge in [0.2, 0.25) is 0 Å². The number of thioether (sulfide) groups is 1. The van der Waals surface area contributed by atoms with Gasteiger partial charge in [-0.15, -0.1) is 0 Å². The zero-order chi connectivity index (χ0) is 29.3. The van der Waals surface area contributed by atoms with Gasteiger partial charge in [0.25, 0.3) is 17.0 Å². The van der Waals surface area contributed by atoms with E-state index >= 15 is 0 Å². The van der Waals surface area contributed by atoms with Crippen molar-refractivity contribution in [3.05, 3.63) is 91.1 Å². The summed E-state index contributed by atoms with van der Waals surface area (Å²) in [7, 11) is 1.74. The van der Waals surface area contributed by atoms with Gasteiger partial charge in [0.05, 0.1) is 41.7 Å². The van der Waals surface area contributed by atoms with Crippen LogP contribution in [0.25, 0.3) is 17.4 Å². The van der Waals surface area contributed by atoms with E-state index in [1.807, 2.05) is 31.2 Å². The Hall–Kier alpha value is -4.04. The molecule has 4 aromatic rings. The standard InChI is InChI=1S/C28H28N6O5S2/c1-17-9-10-22-30-24(29-11-13-39-14-12-35)20(25(36)32(22)16-17)15-21-26(37)33(28(40)41-21)23-18(2)31(3)34(27(23)38)19-7-5-4-6-8-19/h4-10,15-16,29,35H,11-14H2,1-3H3. The normalized spacial score (nSPS) is 14.5. The Kier molecular flexibility index (Phi) is 8.22. The van der Waals surface area contributed by atoms with Crippen LogP contribution in [0.1, 0.15) is 16.8 Å². The zero-order valence-corrected chi connectivity index (χ0v) is 24.3. The van der Waals surface area contributed by atoms with Crippen LogP contribution in [0.2, 0.25) is 0 Å². The lowest BCUT2D eigenvalue weighted by Gasteiger charge is -2.13.